The summed E-state index contributed by atoms with van der Waals surface area (Å²) in [5.41, 5.74) is 2.34. The van der Waals surface area contributed by atoms with Gasteiger partial charge < -0.3 is 19.8 Å². The summed E-state index contributed by atoms with van der Waals surface area (Å²) in [6, 6.07) is 11.8. The number of ether oxygens (including phenoxy) is 1. The van der Waals surface area contributed by atoms with Crippen LogP contribution in [0.3, 0.4) is 0 Å². The number of amides is 1. The Bertz CT molecular complexity index is 839. The number of carboxylic acids is 2. The lowest BCUT2D eigenvalue weighted by Gasteiger charge is -2.34. The van der Waals surface area contributed by atoms with E-state index in [1.807, 2.05) is 48.4 Å². The highest BCUT2D eigenvalue weighted by Crippen LogP contribution is 2.13. The topological polar surface area (TPSA) is 120 Å². The molecule has 1 aromatic carbocycles. The molecule has 0 atom stereocenters. The minimum atomic E-state index is -1.82. The van der Waals surface area contributed by atoms with Crippen molar-refractivity contribution in [3.63, 3.8) is 0 Å². The molecule has 0 radical (unpaired) electrons. The van der Waals surface area contributed by atoms with Crippen molar-refractivity contribution in [1.82, 2.24) is 14.8 Å². The van der Waals surface area contributed by atoms with Gasteiger partial charge in [0.1, 0.15) is 5.75 Å². The highest BCUT2D eigenvalue weighted by atomic mass is 16.5. The van der Waals surface area contributed by atoms with E-state index < -0.39 is 11.9 Å². The van der Waals surface area contributed by atoms with Crippen LogP contribution in [-0.2, 0) is 20.9 Å². The standard InChI is InChI=1S/C19H23N3O2.C2H2O4/c1-16-4-2-6-18(12-16)24-15-19(23)22-10-8-21(9-11-22)14-17-5-3-7-20-13-17;3-1(4)2(5)6/h2-7,12-13H,8-11,14-15H2,1H3;(H,3,4)(H,5,6). The lowest BCUT2D eigenvalue weighted by Crippen LogP contribution is -2.49. The number of carboxylic acid groups (broad SMARTS) is 2. The predicted octanol–water partition coefficient (Wildman–Crippen LogP) is 1.27. The average Bonchev–Trinajstić information content (AvgIpc) is 2.74. The van der Waals surface area contributed by atoms with E-state index in [-0.39, 0.29) is 12.5 Å². The van der Waals surface area contributed by atoms with Crippen molar-refractivity contribution in [2.75, 3.05) is 32.8 Å². The Morgan fingerprint density at radius 3 is 2.30 bits per heavy atom. The molecule has 3 rings (SSSR count). The second kappa shape index (κ2) is 11.5. The van der Waals surface area contributed by atoms with Crippen LogP contribution in [0.5, 0.6) is 5.75 Å². The highest BCUT2D eigenvalue weighted by Gasteiger charge is 2.21. The number of carbonyl (C=O) groups is 3. The molecule has 1 aliphatic rings. The van der Waals surface area contributed by atoms with Gasteiger partial charge >= 0.3 is 11.9 Å². The van der Waals surface area contributed by atoms with Crippen LogP contribution in [0.4, 0.5) is 0 Å². The van der Waals surface area contributed by atoms with Crippen LogP contribution in [0.15, 0.2) is 48.8 Å². The van der Waals surface area contributed by atoms with Gasteiger partial charge in [0.05, 0.1) is 0 Å². The molecule has 1 aromatic heterocycles. The first-order valence-corrected chi connectivity index (χ1v) is 9.40. The molecular formula is C21H25N3O6. The number of benzene rings is 1. The summed E-state index contributed by atoms with van der Waals surface area (Å²) in [6.07, 6.45) is 3.68. The Morgan fingerprint density at radius 2 is 1.73 bits per heavy atom. The summed E-state index contributed by atoms with van der Waals surface area (Å²) >= 11 is 0. The maximum atomic E-state index is 12.3. The number of aliphatic carboxylic acids is 2. The first-order valence-electron chi connectivity index (χ1n) is 9.40. The van der Waals surface area contributed by atoms with Crippen molar-refractivity contribution in [2.45, 2.75) is 13.5 Å². The lowest BCUT2D eigenvalue weighted by molar-refractivity contribution is -0.159. The molecule has 2 N–H and O–H groups in total. The lowest BCUT2D eigenvalue weighted by atomic mass is 10.2. The zero-order valence-corrected chi connectivity index (χ0v) is 16.7. The SMILES string of the molecule is Cc1cccc(OCC(=O)N2CCN(Cc3cccnc3)CC2)c1.O=C(O)C(=O)O. The zero-order valence-electron chi connectivity index (χ0n) is 16.7. The fourth-order valence-corrected chi connectivity index (χ4v) is 2.85. The maximum Gasteiger partial charge on any atom is 0.414 e. The zero-order chi connectivity index (χ0) is 21.9. The molecule has 1 saturated heterocycles. The fraction of sp³-hybridized carbons (Fsp3) is 0.333. The third-order valence-corrected chi connectivity index (χ3v) is 4.39. The van der Waals surface area contributed by atoms with Gasteiger partial charge in [0.15, 0.2) is 6.61 Å². The van der Waals surface area contributed by atoms with Crippen LogP contribution >= 0.6 is 0 Å². The molecule has 30 heavy (non-hydrogen) atoms. The molecule has 160 valence electrons. The number of aromatic nitrogens is 1. The van der Waals surface area contributed by atoms with Crippen LogP contribution in [0.1, 0.15) is 11.1 Å². The van der Waals surface area contributed by atoms with Gasteiger partial charge in [-0.1, -0.05) is 18.2 Å². The Balaban J connectivity index is 0.000000469. The number of piperazine rings is 1. The van der Waals surface area contributed by atoms with Crippen molar-refractivity contribution >= 4 is 17.8 Å². The van der Waals surface area contributed by atoms with Gasteiger partial charge in [0, 0.05) is 45.1 Å². The molecule has 2 heterocycles. The minimum Gasteiger partial charge on any atom is -0.484 e. The first kappa shape index (κ1) is 22.8. The molecule has 1 aliphatic heterocycles. The van der Waals surface area contributed by atoms with Crippen LogP contribution in [0.25, 0.3) is 0 Å². The molecule has 0 aliphatic carbocycles. The summed E-state index contributed by atoms with van der Waals surface area (Å²) in [4.78, 5) is 38.9. The smallest absolute Gasteiger partial charge is 0.414 e. The Labute approximate surface area is 174 Å². The van der Waals surface area contributed by atoms with E-state index in [4.69, 9.17) is 24.5 Å². The van der Waals surface area contributed by atoms with Crippen LogP contribution < -0.4 is 4.74 Å². The number of hydrogen-bond acceptors (Lipinski definition) is 6. The van der Waals surface area contributed by atoms with Crippen molar-refractivity contribution < 1.29 is 29.3 Å². The Hall–Kier alpha value is -3.46. The molecule has 0 spiro atoms. The molecule has 2 aromatic rings. The van der Waals surface area contributed by atoms with Gasteiger partial charge in [-0.25, -0.2) is 9.59 Å². The van der Waals surface area contributed by atoms with Crippen molar-refractivity contribution in [1.29, 1.82) is 0 Å². The maximum absolute atomic E-state index is 12.3. The van der Waals surface area contributed by atoms with E-state index in [0.717, 1.165) is 44.0 Å². The van der Waals surface area contributed by atoms with E-state index >= 15 is 0 Å². The molecule has 9 heteroatoms. The van der Waals surface area contributed by atoms with Crippen LogP contribution in [0, 0.1) is 6.92 Å². The molecular weight excluding hydrogens is 390 g/mol. The molecule has 9 nitrogen and oxygen atoms in total. The molecule has 0 unspecified atom stereocenters. The van der Waals surface area contributed by atoms with Crippen molar-refractivity contribution in [2.24, 2.45) is 0 Å². The number of hydrogen-bond donors (Lipinski definition) is 2. The second-order valence-corrected chi connectivity index (χ2v) is 6.73. The second-order valence-electron chi connectivity index (χ2n) is 6.73. The summed E-state index contributed by atoms with van der Waals surface area (Å²) in [5.74, 6) is -2.85. The van der Waals surface area contributed by atoms with Gasteiger partial charge in [-0.15, -0.1) is 0 Å². The number of aryl methyl sites for hydroxylation is 1. The summed E-state index contributed by atoms with van der Waals surface area (Å²) < 4.78 is 5.61. The normalized spacial score (nSPS) is 13.7. The van der Waals surface area contributed by atoms with Crippen molar-refractivity contribution in [3.05, 3.63) is 59.9 Å². The molecule has 1 amide bonds. The van der Waals surface area contributed by atoms with Crippen molar-refractivity contribution in [3.8, 4) is 5.75 Å². The van der Waals surface area contributed by atoms with Crippen LogP contribution in [0.2, 0.25) is 0 Å². The predicted molar refractivity (Wildman–Crippen MR) is 108 cm³/mol. The van der Waals surface area contributed by atoms with Gasteiger partial charge in [0.2, 0.25) is 0 Å². The van der Waals surface area contributed by atoms with E-state index in [9.17, 15) is 4.79 Å². The first-order chi connectivity index (χ1) is 14.3. The fourth-order valence-electron chi connectivity index (χ4n) is 2.85. The van der Waals surface area contributed by atoms with Gasteiger partial charge in [0.25, 0.3) is 5.91 Å². The molecule has 1 fully saturated rings. The Kier molecular flexibility index (Phi) is 8.76. The van der Waals surface area contributed by atoms with E-state index in [0.29, 0.717) is 0 Å². The third kappa shape index (κ3) is 7.88. The molecule has 0 saturated carbocycles. The number of carbonyl (C=O) groups excluding carboxylic acids is 1. The van der Waals surface area contributed by atoms with Crippen LogP contribution in [-0.4, -0.2) is 75.6 Å². The summed E-state index contributed by atoms with van der Waals surface area (Å²) in [7, 11) is 0. The highest BCUT2D eigenvalue weighted by molar-refractivity contribution is 6.27. The summed E-state index contributed by atoms with van der Waals surface area (Å²) in [5, 5.41) is 14.8. The largest absolute Gasteiger partial charge is 0.484 e. The monoisotopic (exact) mass is 415 g/mol. The van der Waals surface area contributed by atoms with E-state index in [1.54, 1.807) is 6.20 Å². The van der Waals surface area contributed by atoms with Gasteiger partial charge in [-0.2, -0.15) is 0 Å². The third-order valence-electron chi connectivity index (χ3n) is 4.39. The van der Waals surface area contributed by atoms with E-state index in [2.05, 4.69) is 16.0 Å². The van der Waals surface area contributed by atoms with Gasteiger partial charge in [-0.3, -0.25) is 14.7 Å². The van der Waals surface area contributed by atoms with Gasteiger partial charge in [-0.05, 0) is 36.2 Å². The number of rotatable bonds is 5. The Morgan fingerprint density at radius 1 is 1.03 bits per heavy atom. The summed E-state index contributed by atoms with van der Waals surface area (Å²) in [6.45, 7) is 6.25. The number of pyridine rings is 1. The molecule has 0 bridgehead atoms. The van der Waals surface area contributed by atoms with E-state index in [1.165, 1.54) is 5.56 Å². The minimum absolute atomic E-state index is 0.0533. The average molecular weight is 415 g/mol. The quantitative estimate of drug-likeness (QED) is 0.701. The number of nitrogens with zero attached hydrogens (tertiary/aromatic N) is 3.